The van der Waals surface area contributed by atoms with E-state index < -0.39 is 5.79 Å². The van der Waals surface area contributed by atoms with Crippen LogP contribution in [0.4, 0.5) is 0 Å². The Hall–Kier alpha value is -1.66. The van der Waals surface area contributed by atoms with E-state index in [0.717, 1.165) is 5.57 Å². The van der Waals surface area contributed by atoms with Crippen LogP contribution in [0.2, 0.25) is 0 Å². The van der Waals surface area contributed by atoms with E-state index in [-0.39, 0.29) is 34.9 Å². The molecule has 0 radical (unpaired) electrons. The lowest BCUT2D eigenvalue weighted by Gasteiger charge is -2.43. The molecule has 1 aliphatic carbocycles. The van der Waals surface area contributed by atoms with Gasteiger partial charge in [-0.3, -0.25) is 20.5 Å². The molecular formula is C16H26N8OS2. The number of nitrogens with two attached hydrogens (primary N) is 3. The van der Waals surface area contributed by atoms with Gasteiger partial charge in [0.2, 0.25) is 5.91 Å². The number of fused-ring (bicyclic) bond motifs is 1. The van der Waals surface area contributed by atoms with Crippen LogP contribution in [-0.4, -0.2) is 69.0 Å². The van der Waals surface area contributed by atoms with Crippen molar-refractivity contribution < 1.29 is 4.79 Å². The highest BCUT2D eigenvalue weighted by atomic mass is 32.2. The summed E-state index contributed by atoms with van der Waals surface area (Å²) < 4.78 is 0. The molecule has 2 unspecified atom stereocenters. The Balaban J connectivity index is 1.67. The quantitative estimate of drug-likeness (QED) is 0.341. The van der Waals surface area contributed by atoms with Crippen LogP contribution in [-0.2, 0) is 4.79 Å². The molecule has 0 saturated carbocycles. The SMILES string of the molecule is CC(C)N(C(N)=S)N1CC(=O)N[C@]1(N)CNCC1=CC=CC2SC(N)=NC12. The van der Waals surface area contributed by atoms with Gasteiger partial charge in [0.05, 0.1) is 11.3 Å². The minimum Gasteiger partial charge on any atom is -0.379 e. The third-order valence-corrected chi connectivity index (χ3v) is 5.85. The zero-order valence-corrected chi connectivity index (χ0v) is 17.0. The van der Waals surface area contributed by atoms with E-state index in [4.69, 9.17) is 29.4 Å². The average Bonchev–Trinajstić information content (AvgIpc) is 3.06. The van der Waals surface area contributed by atoms with E-state index in [0.29, 0.717) is 18.3 Å². The van der Waals surface area contributed by atoms with Crippen molar-refractivity contribution >= 4 is 40.2 Å². The maximum atomic E-state index is 12.0. The first kappa shape index (κ1) is 20.1. The van der Waals surface area contributed by atoms with Crippen molar-refractivity contribution in [3.05, 3.63) is 23.8 Å². The van der Waals surface area contributed by atoms with Crippen molar-refractivity contribution in [2.45, 2.75) is 37.0 Å². The van der Waals surface area contributed by atoms with Crippen molar-refractivity contribution in [1.29, 1.82) is 0 Å². The number of nitrogens with zero attached hydrogens (tertiary/aromatic N) is 3. The molecule has 2 aliphatic heterocycles. The summed E-state index contributed by atoms with van der Waals surface area (Å²) in [4.78, 5) is 16.5. The van der Waals surface area contributed by atoms with Gasteiger partial charge in [0, 0.05) is 19.1 Å². The maximum Gasteiger partial charge on any atom is 0.238 e. The van der Waals surface area contributed by atoms with Crippen LogP contribution in [0, 0.1) is 0 Å². The van der Waals surface area contributed by atoms with Gasteiger partial charge in [0.1, 0.15) is 6.54 Å². The molecule has 1 saturated heterocycles. The molecule has 3 aliphatic rings. The van der Waals surface area contributed by atoms with E-state index in [1.807, 2.05) is 26.0 Å². The number of hydrogen-bond donors (Lipinski definition) is 5. The molecule has 0 aromatic rings. The van der Waals surface area contributed by atoms with E-state index in [1.165, 1.54) is 0 Å². The summed E-state index contributed by atoms with van der Waals surface area (Å²) in [7, 11) is 0. The summed E-state index contributed by atoms with van der Waals surface area (Å²) in [5.41, 5.74) is 19.3. The number of allylic oxidation sites excluding steroid dienone is 2. The molecule has 1 fully saturated rings. The van der Waals surface area contributed by atoms with Crippen molar-refractivity contribution in [2.75, 3.05) is 19.6 Å². The van der Waals surface area contributed by atoms with E-state index >= 15 is 0 Å². The van der Waals surface area contributed by atoms with Crippen LogP contribution in [0.25, 0.3) is 0 Å². The first-order valence-electron chi connectivity index (χ1n) is 8.75. The minimum atomic E-state index is -1.12. The summed E-state index contributed by atoms with van der Waals surface area (Å²) in [6, 6.07) is 0.0113. The number of carbonyl (C=O) groups is 1. The molecule has 0 aromatic carbocycles. The predicted octanol–water partition coefficient (Wildman–Crippen LogP) is -1.22. The molecule has 1 amide bonds. The van der Waals surface area contributed by atoms with Gasteiger partial charge in [-0.15, -0.1) is 0 Å². The topological polar surface area (TPSA) is 138 Å². The van der Waals surface area contributed by atoms with Gasteiger partial charge >= 0.3 is 0 Å². The molecule has 3 atom stereocenters. The van der Waals surface area contributed by atoms with Crippen LogP contribution >= 0.6 is 24.0 Å². The largest absolute Gasteiger partial charge is 0.379 e. The van der Waals surface area contributed by atoms with Gasteiger partial charge in [0.15, 0.2) is 16.1 Å². The minimum absolute atomic E-state index is 0.0297. The summed E-state index contributed by atoms with van der Waals surface area (Å²) in [5.74, 6) is -1.30. The fourth-order valence-corrected chi connectivity index (χ4v) is 4.81. The molecule has 148 valence electrons. The molecule has 9 nitrogen and oxygen atoms in total. The summed E-state index contributed by atoms with van der Waals surface area (Å²) in [6.07, 6.45) is 6.17. The monoisotopic (exact) mass is 410 g/mol. The number of rotatable bonds is 6. The number of nitrogens with one attached hydrogen (secondary N) is 2. The number of hydrazine groups is 1. The number of thiocarbonyl (C=S) groups is 1. The van der Waals surface area contributed by atoms with Gasteiger partial charge in [-0.1, -0.05) is 30.0 Å². The fourth-order valence-electron chi connectivity index (χ4n) is 3.51. The second kappa shape index (κ2) is 7.76. The van der Waals surface area contributed by atoms with Crippen molar-refractivity contribution in [1.82, 2.24) is 20.7 Å². The molecule has 0 aromatic heterocycles. The zero-order chi connectivity index (χ0) is 19.8. The molecule has 27 heavy (non-hydrogen) atoms. The number of amides is 1. The van der Waals surface area contributed by atoms with Crippen LogP contribution in [0.3, 0.4) is 0 Å². The fraction of sp³-hybridized carbons (Fsp3) is 0.562. The Morgan fingerprint density at radius 1 is 1.63 bits per heavy atom. The maximum absolute atomic E-state index is 12.0. The predicted molar refractivity (Wildman–Crippen MR) is 112 cm³/mol. The lowest BCUT2D eigenvalue weighted by atomic mass is 9.99. The lowest BCUT2D eigenvalue weighted by molar-refractivity contribution is -0.119. The number of amidine groups is 1. The van der Waals surface area contributed by atoms with Crippen LogP contribution in [0.5, 0.6) is 0 Å². The Kier molecular flexibility index (Phi) is 5.77. The van der Waals surface area contributed by atoms with Crippen LogP contribution in [0.1, 0.15) is 13.8 Å². The van der Waals surface area contributed by atoms with Crippen molar-refractivity contribution in [2.24, 2.45) is 22.2 Å². The summed E-state index contributed by atoms with van der Waals surface area (Å²) >= 11 is 6.72. The number of aliphatic imine (C=N–C) groups is 1. The van der Waals surface area contributed by atoms with E-state index in [2.05, 4.69) is 21.7 Å². The molecule has 8 N–H and O–H groups in total. The standard InChI is InChI=1S/C16H26N8OS2/c1-9(2)24(15(18)26)23-7-12(25)22-16(23,19)8-20-6-10-4-3-5-11-13(10)21-14(17)27-11/h3-5,9,11,13,20H,6-8,19H2,1-2H3,(H2,17,21)(H2,18,26)(H,22,25)/t11?,13?,16-/m1/s1. The third-order valence-electron chi connectivity index (χ3n) is 4.63. The van der Waals surface area contributed by atoms with Crippen molar-refractivity contribution in [3.63, 3.8) is 0 Å². The third kappa shape index (κ3) is 4.11. The zero-order valence-electron chi connectivity index (χ0n) is 15.4. The van der Waals surface area contributed by atoms with Gasteiger partial charge < -0.3 is 22.1 Å². The molecule has 0 bridgehead atoms. The number of thioether (sulfide) groups is 1. The van der Waals surface area contributed by atoms with Crippen molar-refractivity contribution in [3.8, 4) is 0 Å². The highest BCUT2D eigenvalue weighted by Crippen LogP contribution is 2.32. The van der Waals surface area contributed by atoms with E-state index in [9.17, 15) is 4.79 Å². The Labute approximate surface area is 168 Å². The first-order chi connectivity index (χ1) is 12.7. The van der Waals surface area contributed by atoms with Gasteiger partial charge in [0.25, 0.3) is 0 Å². The normalized spacial score (nSPS) is 30.1. The Morgan fingerprint density at radius 2 is 2.37 bits per heavy atom. The average molecular weight is 411 g/mol. The Morgan fingerprint density at radius 3 is 3.04 bits per heavy atom. The number of carbonyl (C=O) groups excluding carboxylic acids is 1. The summed E-state index contributed by atoms with van der Waals surface area (Å²) in [5, 5.41) is 10.5. The highest BCUT2D eigenvalue weighted by molar-refractivity contribution is 8.14. The lowest BCUT2D eigenvalue weighted by Crippen LogP contribution is -2.71. The molecular weight excluding hydrogens is 384 g/mol. The summed E-state index contributed by atoms with van der Waals surface area (Å²) in [6.45, 7) is 4.88. The second-order valence-corrected chi connectivity index (χ2v) is 8.65. The van der Waals surface area contributed by atoms with Gasteiger partial charge in [-0.25, -0.2) is 0 Å². The highest BCUT2D eigenvalue weighted by Gasteiger charge is 2.46. The Bertz CT molecular complexity index is 721. The molecule has 0 spiro atoms. The molecule has 11 heteroatoms. The number of hydrogen-bond acceptors (Lipinski definition) is 8. The second-order valence-electron chi connectivity index (χ2n) is 7.03. The van der Waals surface area contributed by atoms with Crippen LogP contribution < -0.4 is 27.8 Å². The van der Waals surface area contributed by atoms with Crippen LogP contribution in [0.15, 0.2) is 28.8 Å². The molecule has 3 rings (SSSR count). The smallest absolute Gasteiger partial charge is 0.238 e. The molecule has 2 heterocycles. The van der Waals surface area contributed by atoms with E-state index in [1.54, 1.807) is 21.8 Å². The van der Waals surface area contributed by atoms with Gasteiger partial charge in [-0.2, -0.15) is 5.01 Å². The van der Waals surface area contributed by atoms with Gasteiger partial charge in [-0.05, 0) is 31.6 Å². The first-order valence-corrected chi connectivity index (χ1v) is 10.0.